The summed E-state index contributed by atoms with van der Waals surface area (Å²) >= 11 is 1.76. The maximum atomic E-state index is 11.9. The van der Waals surface area contributed by atoms with Crippen molar-refractivity contribution in [2.45, 2.75) is 38.5 Å². The van der Waals surface area contributed by atoms with Crippen LogP contribution in [0.5, 0.6) is 0 Å². The zero-order valence-electron chi connectivity index (χ0n) is 10.6. The van der Waals surface area contributed by atoms with E-state index in [0.29, 0.717) is 0 Å². The minimum absolute atomic E-state index is 0.121. The minimum atomic E-state index is 0.121. The number of nitrogens with zero attached hydrogens (tertiary/aromatic N) is 2. The molecule has 2 aromatic rings. The van der Waals surface area contributed by atoms with Crippen molar-refractivity contribution in [2.75, 3.05) is 5.32 Å². The van der Waals surface area contributed by atoms with Crippen LogP contribution in [0.4, 0.5) is 5.82 Å². The number of carbonyl (C=O) groups is 1. The molecule has 0 bridgehead atoms. The third-order valence-electron chi connectivity index (χ3n) is 3.94. The van der Waals surface area contributed by atoms with Crippen LogP contribution in [0.15, 0.2) is 6.33 Å². The average molecular weight is 273 g/mol. The minimum Gasteiger partial charge on any atom is -0.310 e. The predicted octanol–water partition coefficient (Wildman–Crippen LogP) is 2.92. The Hall–Kier alpha value is -1.49. The molecule has 1 saturated carbocycles. The van der Waals surface area contributed by atoms with Gasteiger partial charge in [-0.15, -0.1) is 11.3 Å². The van der Waals surface area contributed by atoms with E-state index in [0.717, 1.165) is 41.7 Å². The van der Waals surface area contributed by atoms with Gasteiger partial charge in [-0.3, -0.25) is 4.79 Å². The van der Waals surface area contributed by atoms with Crippen molar-refractivity contribution in [3.8, 4) is 0 Å². The van der Waals surface area contributed by atoms with Crippen molar-refractivity contribution in [1.82, 2.24) is 9.97 Å². The molecule has 0 aromatic carbocycles. The van der Waals surface area contributed by atoms with Gasteiger partial charge in [0, 0.05) is 10.8 Å². The number of amides is 1. The van der Waals surface area contributed by atoms with E-state index < -0.39 is 0 Å². The normalized spacial score (nSPS) is 18.3. The first kappa shape index (κ1) is 11.3. The standard InChI is InChI=1S/C14H15N3OS/c18-13(8-5-6-8)17-12-11-9-3-1-2-4-10(9)19-14(11)16-7-15-12/h7-8H,1-6H2,(H,15,16,17,18). The Labute approximate surface area is 115 Å². The fourth-order valence-electron chi connectivity index (χ4n) is 2.75. The summed E-state index contributed by atoms with van der Waals surface area (Å²) in [5.41, 5.74) is 1.37. The predicted molar refractivity (Wildman–Crippen MR) is 75.4 cm³/mol. The van der Waals surface area contributed by atoms with Crippen molar-refractivity contribution < 1.29 is 4.79 Å². The molecule has 1 N–H and O–H groups in total. The molecule has 4 nitrogen and oxygen atoms in total. The lowest BCUT2D eigenvalue weighted by atomic mass is 9.97. The lowest BCUT2D eigenvalue weighted by molar-refractivity contribution is -0.117. The fraction of sp³-hybridized carbons (Fsp3) is 0.500. The van der Waals surface area contributed by atoms with Gasteiger partial charge < -0.3 is 5.32 Å². The van der Waals surface area contributed by atoms with Gasteiger partial charge in [0.2, 0.25) is 5.91 Å². The Kier molecular flexibility index (Phi) is 2.55. The summed E-state index contributed by atoms with van der Waals surface area (Å²) in [5.74, 6) is 1.05. The molecule has 0 saturated heterocycles. The molecule has 0 atom stereocenters. The molecule has 4 rings (SSSR count). The largest absolute Gasteiger partial charge is 0.310 e. The molecule has 0 spiro atoms. The van der Waals surface area contributed by atoms with Crippen LogP contribution < -0.4 is 5.32 Å². The number of hydrogen-bond acceptors (Lipinski definition) is 4. The molecule has 19 heavy (non-hydrogen) atoms. The Morgan fingerprint density at radius 2 is 2.11 bits per heavy atom. The molecule has 0 aliphatic heterocycles. The molecule has 1 amide bonds. The van der Waals surface area contributed by atoms with Gasteiger partial charge in [0.05, 0.1) is 5.39 Å². The molecule has 2 aliphatic carbocycles. The molecule has 0 radical (unpaired) electrons. The summed E-state index contributed by atoms with van der Waals surface area (Å²) in [6.45, 7) is 0. The molecule has 2 aliphatic rings. The number of nitrogens with one attached hydrogen (secondary N) is 1. The van der Waals surface area contributed by atoms with E-state index in [1.54, 1.807) is 17.7 Å². The molecule has 5 heteroatoms. The fourth-order valence-corrected chi connectivity index (χ4v) is 3.98. The van der Waals surface area contributed by atoms with Crippen LogP contribution in [0.2, 0.25) is 0 Å². The third-order valence-corrected chi connectivity index (χ3v) is 5.14. The highest BCUT2D eigenvalue weighted by molar-refractivity contribution is 7.19. The highest BCUT2D eigenvalue weighted by Gasteiger charge is 2.30. The third kappa shape index (κ3) is 1.92. The lowest BCUT2D eigenvalue weighted by Gasteiger charge is -2.11. The van der Waals surface area contributed by atoms with E-state index in [2.05, 4.69) is 15.3 Å². The van der Waals surface area contributed by atoms with E-state index in [-0.39, 0.29) is 11.8 Å². The van der Waals surface area contributed by atoms with Crippen molar-refractivity contribution in [3.63, 3.8) is 0 Å². The van der Waals surface area contributed by atoms with Crippen molar-refractivity contribution in [2.24, 2.45) is 5.92 Å². The van der Waals surface area contributed by atoms with Gasteiger partial charge in [-0.2, -0.15) is 0 Å². The Morgan fingerprint density at radius 1 is 1.26 bits per heavy atom. The number of carbonyl (C=O) groups excluding carboxylic acids is 1. The van der Waals surface area contributed by atoms with Gasteiger partial charge in [-0.1, -0.05) is 0 Å². The Balaban J connectivity index is 1.80. The Morgan fingerprint density at radius 3 is 2.95 bits per heavy atom. The van der Waals surface area contributed by atoms with Gasteiger partial charge in [-0.25, -0.2) is 9.97 Å². The smallest absolute Gasteiger partial charge is 0.228 e. The SMILES string of the molecule is O=C(Nc1ncnc2sc3c(c12)CCCC3)C1CC1. The zero-order valence-corrected chi connectivity index (χ0v) is 11.4. The van der Waals surface area contributed by atoms with Gasteiger partial charge >= 0.3 is 0 Å². The second-order valence-electron chi connectivity index (χ2n) is 5.38. The van der Waals surface area contributed by atoms with Crippen molar-refractivity contribution >= 4 is 33.3 Å². The second-order valence-corrected chi connectivity index (χ2v) is 6.46. The van der Waals surface area contributed by atoms with Crippen LogP contribution in [0, 0.1) is 5.92 Å². The van der Waals surface area contributed by atoms with Crippen LogP contribution in [0.3, 0.4) is 0 Å². The molecule has 0 unspecified atom stereocenters. The quantitative estimate of drug-likeness (QED) is 0.915. The number of thiophene rings is 1. The number of anilines is 1. The van der Waals surface area contributed by atoms with Gasteiger partial charge in [0.15, 0.2) is 0 Å². The molecular formula is C14H15N3OS. The maximum Gasteiger partial charge on any atom is 0.228 e. The average Bonchev–Trinajstić information content (AvgIpc) is 3.19. The molecule has 2 heterocycles. The van der Waals surface area contributed by atoms with Crippen molar-refractivity contribution in [3.05, 3.63) is 16.8 Å². The summed E-state index contributed by atoms with van der Waals surface area (Å²) in [7, 11) is 0. The summed E-state index contributed by atoms with van der Waals surface area (Å²) in [5, 5.41) is 4.09. The summed E-state index contributed by atoms with van der Waals surface area (Å²) < 4.78 is 0. The molecular weight excluding hydrogens is 258 g/mol. The van der Waals surface area contributed by atoms with Crippen molar-refractivity contribution in [1.29, 1.82) is 0 Å². The highest BCUT2D eigenvalue weighted by Crippen LogP contribution is 2.38. The van der Waals surface area contributed by atoms with Gasteiger partial charge in [0.25, 0.3) is 0 Å². The van der Waals surface area contributed by atoms with Crippen LogP contribution in [0.25, 0.3) is 10.2 Å². The first-order valence-electron chi connectivity index (χ1n) is 6.89. The van der Waals surface area contributed by atoms with E-state index in [1.807, 2.05) is 0 Å². The van der Waals surface area contributed by atoms with Gasteiger partial charge in [-0.05, 0) is 44.1 Å². The highest BCUT2D eigenvalue weighted by atomic mass is 32.1. The zero-order chi connectivity index (χ0) is 12.8. The maximum absolute atomic E-state index is 11.9. The van der Waals surface area contributed by atoms with Gasteiger partial charge in [0.1, 0.15) is 17.0 Å². The summed E-state index contributed by atoms with van der Waals surface area (Å²) in [6, 6.07) is 0. The number of fused-ring (bicyclic) bond motifs is 3. The monoisotopic (exact) mass is 273 g/mol. The second kappa shape index (κ2) is 4.27. The van der Waals surface area contributed by atoms with Crippen LogP contribution in [-0.4, -0.2) is 15.9 Å². The summed E-state index contributed by atoms with van der Waals surface area (Å²) in [4.78, 5) is 23.1. The number of hydrogen-bond donors (Lipinski definition) is 1. The van der Waals surface area contributed by atoms with Crippen LogP contribution in [-0.2, 0) is 17.6 Å². The first-order valence-corrected chi connectivity index (χ1v) is 7.70. The molecule has 2 aromatic heterocycles. The van der Waals surface area contributed by atoms with Crippen LogP contribution in [0.1, 0.15) is 36.1 Å². The topological polar surface area (TPSA) is 54.9 Å². The lowest BCUT2D eigenvalue weighted by Crippen LogP contribution is -2.15. The molecule has 98 valence electrons. The Bertz CT molecular complexity index is 660. The van der Waals surface area contributed by atoms with E-state index in [9.17, 15) is 4.79 Å². The van der Waals surface area contributed by atoms with Crippen LogP contribution >= 0.6 is 11.3 Å². The van der Waals surface area contributed by atoms with E-state index >= 15 is 0 Å². The molecule has 1 fully saturated rings. The summed E-state index contributed by atoms with van der Waals surface area (Å²) in [6.07, 6.45) is 8.32. The van der Waals surface area contributed by atoms with E-state index in [1.165, 1.54) is 23.3 Å². The number of rotatable bonds is 2. The number of aromatic nitrogens is 2. The van der Waals surface area contributed by atoms with E-state index in [4.69, 9.17) is 0 Å². The number of aryl methyl sites for hydroxylation is 2. The first-order chi connectivity index (χ1) is 9.33.